The Morgan fingerprint density at radius 2 is 1.24 bits per heavy atom. The molecule has 3 rings (SSSR count). The molecule has 10 nitrogen and oxygen atoms in total. The summed E-state index contributed by atoms with van der Waals surface area (Å²) in [5.41, 5.74) is 0.299. The highest BCUT2D eigenvalue weighted by Gasteiger charge is 2.35. The Balaban J connectivity index is 2.82. The second kappa shape index (κ2) is 11.2. The number of Topliss-reactive ketones (excluding diaryl/α,β-unsaturated/α-hetero) is 1. The van der Waals surface area contributed by atoms with Crippen molar-refractivity contribution in [3.63, 3.8) is 0 Å². The number of hydrogen-bond acceptors (Lipinski definition) is 10. The number of phenols is 1. The van der Waals surface area contributed by atoms with E-state index < -0.39 is 17.5 Å². The fourth-order valence-corrected chi connectivity index (χ4v) is 4.41. The number of aromatic hydroxyl groups is 1. The van der Waals surface area contributed by atoms with E-state index in [-0.39, 0.29) is 56.9 Å². The number of carbonyl (C=O) groups excluding carboxylic acids is 2. The van der Waals surface area contributed by atoms with Crippen LogP contribution in [0.1, 0.15) is 34.1 Å². The first kappa shape index (κ1) is 27.3. The van der Waals surface area contributed by atoms with Crippen LogP contribution in [0.3, 0.4) is 0 Å². The number of fused-ring (bicyclic) bond motifs is 1. The molecule has 10 heteroatoms. The van der Waals surface area contributed by atoms with Crippen molar-refractivity contribution in [2.45, 2.75) is 13.3 Å². The zero-order valence-electron chi connectivity index (χ0n) is 22.1. The molecule has 0 radical (unpaired) electrons. The summed E-state index contributed by atoms with van der Waals surface area (Å²) in [5.74, 6) is -0.500. The molecule has 0 aliphatic heterocycles. The Hall–Kier alpha value is -4.34. The lowest BCUT2D eigenvalue weighted by molar-refractivity contribution is 0.0597. The van der Waals surface area contributed by atoms with E-state index in [1.54, 1.807) is 25.1 Å². The molecule has 0 fully saturated rings. The minimum atomic E-state index is -0.838. The highest BCUT2D eigenvalue weighted by Crippen LogP contribution is 2.57. The molecule has 1 N–H and O–H groups in total. The average Bonchev–Trinajstić information content (AvgIpc) is 2.93. The Labute approximate surface area is 214 Å². The van der Waals surface area contributed by atoms with Crippen LogP contribution < -0.4 is 28.4 Å². The van der Waals surface area contributed by atoms with Gasteiger partial charge in [0.1, 0.15) is 5.75 Å². The predicted octanol–water partition coefficient (Wildman–Crippen LogP) is 4.64. The van der Waals surface area contributed by atoms with Gasteiger partial charge in [0.2, 0.25) is 11.5 Å². The SMILES string of the molecule is CCC(=O)c1c(C(=O)OC)c(-c2ccc(OC)c(OC)c2)c2c(OC)c(OC)c(OC)c(OC)c2c1O. The van der Waals surface area contributed by atoms with Crippen LogP contribution in [0.15, 0.2) is 18.2 Å². The van der Waals surface area contributed by atoms with Crippen LogP contribution in [-0.2, 0) is 4.74 Å². The largest absolute Gasteiger partial charge is 0.506 e. The molecule has 0 aliphatic rings. The summed E-state index contributed by atoms with van der Waals surface area (Å²) in [7, 11) is 9.76. The van der Waals surface area contributed by atoms with Crippen LogP contribution in [0.25, 0.3) is 21.9 Å². The van der Waals surface area contributed by atoms with Gasteiger partial charge in [0.15, 0.2) is 28.8 Å². The quantitative estimate of drug-likeness (QED) is 0.303. The number of esters is 1. The number of ketones is 1. The molecule has 0 amide bonds. The number of carbonyl (C=O) groups is 2. The molecule has 37 heavy (non-hydrogen) atoms. The lowest BCUT2D eigenvalue weighted by Gasteiger charge is -2.24. The van der Waals surface area contributed by atoms with Crippen molar-refractivity contribution in [3.05, 3.63) is 29.3 Å². The van der Waals surface area contributed by atoms with Gasteiger partial charge in [-0.15, -0.1) is 0 Å². The zero-order chi connectivity index (χ0) is 27.4. The molecule has 0 saturated heterocycles. The Morgan fingerprint density at radius 1 is 0.703 bits per heavy atom. The molecule has 0 saturated carbocycles. The molecule has 0 bridgehead atoms. The second-order valence-electron chi connectivity index (χ2n) is 7.69. The summed E-state index contributed by atoms with van der Waals surface area (Å²) in [6, 6.07) is 4.97. The normalized spacial score (nSPS) is 10.6. The molecule has 0 unspecified atom stereocenters. The minimum Gasteiger partial charge on any atom is -0.506 e. The van der Waals surface area contributed by atoms with Gasteiger partial charge in [0.05, 0.1) is 66.3 Å². The monoisotopic (exact) mass is 514 g/mol. The molecule has 198 valence electrons. The highest BCUT2D eigenvalue weighted by molar-refractivity contribution is 6.23. The van der Waals surface area contributed by atoms with Crippen LogP contribution in [-0.4, -0.2) is 66.6 Å². The Kier molecular flexibility index (Phi) is 8.21. The third-order valence-electron chi connectivity index (χ3n) is 6.02. The maximum atomic E-state index is 13.3. The summed E-state index contributed by atoms with van der Waals surface area (Å²) in [6.45, 7) is 1.62. The molecule has 0 heterocycles. The smallest absolute Gasteiger partial charge is 0.339 e. The second-order valence-corrected chi connectivity index (χ2v) is 7.69. The first-order valence-corrected chi connectivity index (χ1v) is 11.2. The highest BCUT2D eigenvalue weighted by atomic mass is 16.5. The van der Waals surface area contributed by atoms with Crippen LogP contribution in [0.4, 0.5) is 0 Å². The summed E-state index contributed by atoms with van der Waals surface area (Å²) >= 11 is 0. The topological polar surface area (TPSA) is 119 Å². The van der Waals surface area contributed by atoms with E-state index >= 15 is 0 Å². The van der Waals surface area contributed by atoms with E-state index in [9.17, 15) is 14.7 Å². The van der Waals surface area contributed by atoms with Gasteiger partial charge >= 0.3 is 5.97 Å². The molecule has 0 aliphatic carbocycles. The van der Waals surface area contributed by atoms with Crippen molar-refractivity contribution in [2.24, 2.45) is 0 Å². The lowest BCUT2D eigenvalue weighted by atomic mass is 9.85. The number of hydrogen-bond donors (Lipinski definition) is 1. The van der Waals surface area contributed by atoms with Gasteiger partial charge in [-0.1, -0.05) is 13.0 Å². The van der Waals surface area contributed by atoms with Gasteiger partial charge in [-0.3, -0.25) is 4.79 Å². The lowest BCUT2D eigenvalue weighted by Crippen LogP contribution is -2.14. The van der Waals surface area contributed by atoms with E-state index in [1.165, 1.54) is 49.8 Å². The van der Waals surface area contributed by atoms with Gasteiger partial charge in [0.25, 0.3) is 0 Å². The van der Waals surface area contributed by atoms with Gasteiger partial charge in [0, 0.05) is 17.4 Å². The average molecular weight is 515 g/mol. The number of ether oxygens (including phenoxy) is 7. The summed E-state index contributed by atoms with van der Waals surface area (Å²) in [6.07, 6.45) is 0.00117. The van der Waals surface area contributed by atoms with Gasteiger partial charge in [-0.2, -0.15) is 0 Å². The first-order chi connectivity index (χ1) is 17.8. The molecular weight excluding hydrogens is 484 g/mol. The number of benzene rings is 3. The standard InChI is InChI=1S/C27H30O10/c1-9-14(28)18-20(27(30)37-8)17(13-10-11-15(31-2)16(12-13)32-3)19-21(22(18)29)24(34-5)26(36-7)25(35-6)23(19)33-4/h10-12,29H,9H2,1-8H3. The molecule has 0 atom stereocenters. The van der Waals surface area contributed by atoms with E-state index in [4.69, 9.17) is 33.2 Å². The van der Waals surface area contributed by atoms with Crippen LogP contribution in [0.5, 0.6) is 40.2 Å². The maximum Gasteiger partial charge on any atom is 0.339 e. The number of methoxy groups -OCH3 is 7. The Bertz CT molecular complexity index is 1360. The van der Waals surface area contributed by atoms with Gasteiger partial charge < -0.3 is 38.3 Å². The van der Waals surface area contributed by atoms with Gasteiger partial charge in [-0.05, 0) is 17.7 Å². The molecule has 3 aromatic rings. The molecular formula is C27H30O10. The summed E-state index contributed by atoms with van der Waals surface area (Å²) in [5, 5.41) is 11.9. The van der Waals surface area contributed by atoms with Crippen molar-refractivity contribution >= 4 is 22.5 Å². The molecule has 3 aromatic carbocycles. The third kappa shape index (κ3) is 4.28. The third-order valence-corrected chi connectivity index (χ3v) is 6.02. The van der Waals surface area contributed by atoms with Crippen LogP contribution in [0.2, 0.25) is 0 Å². The van der Waals surface area contributed by atoms with E-state index in [1.807, 2.05) is 0 Å². The van der Waals surface area contributed by atoms with Crippen molar-refractivity contribution in [3.8, 4) is 51.4 Å². The maximum absolute atomic E-state index is 13.3. The van der Waals surface area contributed by atoms with Crippen molar-refractivity contribution in [1.29, 1.82) is 0 Å². The van der Waals surface area contributed by atoms with Crippen molar-refractivity contribution < 1.29 is 47.9 Å². The van der Waals surface area contributed by atoms with Gasteiger partial charge in [-0.25, -0.2) is 4.79 Å². The summed E-state index contributed by atoms with van der Waals surface area (Å²) in [4.78, 5) is 26.5. The minimum absolute atomic E-state index is 0.00117. The zero-order valence-corrected chi connectivity index (χ0v) is 22.1. The van der Waals surface area contributed by atoms with Crippen LogP contribution in [0, 0.1) is 0 Å². The predicted molar refractivity (Wildman–Crippen MR) is 136 cm³/mol. The fraction of sp³-hybridized carbons (Fsp3) is 0.333. The first-order valence-electron chi connectivity index (χ1n) is 11.2. The van der Waals surface area contributed by atoms with E-state index in [2.05, 4.69) is 0 Å². The fourth-order valence-electron chi connectivity index (χ4n) is 4.41. The van der Waals surface area contributed by atoms with E-state index in [0.717, 1.165) is 0 Å². The molecule has 0 spiro atoms. The molecule has 0 aromatic heterocycles. The van der Waals surface area contributed by atoms with Crippen LogP contribution >= 0.6 is 0 Å². The number of phenolic OH excluding ortho intramolecular Hbond substituents is 1. The Morgan fingerprint density at radius 3 is 1.70 bits per heavy atom. The van der Waals surface area contributed by atoms with Crippen molar-refractivity contribution in [2.75, 3.05) is 49.8 Å². The summed E-state index contributed by atoms with van der Waals surface area (Å²) < 4.78 is 38.5. The number of rotatable bonds is 10. The van der Waals surface area contributed by atoms with E-state index in [0.29, 0.717) is 17.1 Å². The van der Waals surface area contributed by atoms with Crippen molar-refractivity contribution in [1.82, 2.24) is 0 Å².